The average Bonchev–Trinajstić information content (AvgIpc) is 3.31. The highest BCUT2D eigenvalue weighted by Gasteiger charge is 2.34. The van der Waals surface area contributed by atoms with Crippen LogP contribution < -0.4 is 15.4 Å². The van der Waals surface area contributed by atoms with Gasteiger partial charge in [-0.3, -0.25) is 4.79 Å². The maximum atomic E-state index is 13.8. The number of aromatic nitrogens is 3. The number of nitrogens with zero attached hydrogens (tertiary/aromatic N) is 3. The summed E-state index contributed by atoms with van der Waals surface area (Å²) in [5.41, 5.74) is 4.94. The van der Waals surface area contributed by atoms with Crippen molar-refractivity contribution in [2.75, 3.05) is 10.6 Å². The lowest BCUT2D eigenvalue weighted by Gasteiger charge is -2.29. The predicted molar refractivity (Wildman–Crippen MR) is 158 cm³/mol. The molecule has 1 aliphatic rings. The van der Waals surface area contributed by atoms with Gasteiger partial charge >= 0.3 is 0 Å². The Morgan fingerprint density at radius 2 is 1.79 bits per heavy atom. The fraction of sp³-hybridized carbons (Fsp3) is 0.233. The molecule has 0 radical (unpaired) electrons. The van der Waals surface area contributed by atoms with Gasteiger partial charge in [0.25, 0.3) is 5.91 Å². The van der Waals surface area contributed by atoms with Gasteiger partial charge in [-0.2, -0.15) is 4.98 Å². The number of benzene rings is 3. The summed E-state index contributed by atoms with van der Waals surface area (Å²) in [6, 6.07) is 22.8. The molecule has 1 atom stereocenters. The molecule has 1 unspecified atom stereocenters. The first-order chi connectivity index (χ1) is 18.8. The van der Waals surface area contributed by atoms with E-state index in [9.17, 15) is 4.79 Å². The minimum atomic E-state index is -0.486. The molecule has 2 N–H and O–H groups in total. The number of ether oxygens (including phenoxy) is 1. The van der Waals surface area contributed by atoms with E-state index >= 15 is 0 Å². The number of nitrogens with one attached hydrogen (secondary N) is 2. The first-order valence-electron chi connectivity index (χ1n) is 12.7. The maximum Gasteiger partial charge on any atom is 0.255 e. The number of allylic oxidation sites excluding steroid dienone is 1. The standard InChI is InChI=1S/C30H30ClN5O2S/c1-18(2)38-23-15-13-21(14-16-23)27-26(28(37)33-25-12-8-5-9-19(25)3)20(4)32-29-34-30(35-36(27)29)39-17-22-10-6-7-11-24(22)31/h5-16,18,27H,17H2,1-4H3,(H,33,37)(H,32,34,35). The second kappa shape index (κ2) is 11.6. The van der Waals surface area contributed by atoms with Crippen LogP contribution in [0.15, 0.2) is 89.2 Å². The molecule has 0 spiro atoms. The largest absolute Gasteiger partial charge is 0.491 e. The number of amides is 1. The fourth-order valence-electron chi connectivity index (χ4n) is 4.46. The molecule has 0 saturated heterocycles. The number of fused-ring (bicyclic) bond motifs is 1. The molecule has 39 heavy (non-hydrogen) atoms. The normalized spacial score (nSPS) is 14.7. The Morgan fingerprint density at radius 1 is 1.08 bits per heavy atom. The molecule has 0 saturated carbocycles. The van der Waals surface area contributed by atoms with E-state index in [1.165, 1.54) is 11.8 Å². The molecule has 0 bridgehead atoms. The Morgan fingerprint density at radius 3 is 2.51 bits per heavy atom. The number of para-hydroxylation sites is 1. The highest BCUT2D eigenvalue weighted by molar-refractivity contribution is 7.98. The van der Waals surface area contributed by atoms with Crippen LogP contribution in [0.3, 0.4) is 0 Å². The molecule has 1 aromatic heterocycles. The van der Waals surface area contributed by atoms with Crippen molar-refractivity contribution in [3.63, 3.8) is 0 Å². The summed E-state index contributed by atoms with van der Waals surface area (Å²) in [5, 5.41) is 12.5. The molecule has 3 aromatic carbocycles. The van der Waals surface area contributed by atoms with E-state index in [0.717, 1.165) is 33.8 Å². The van der Waals surface area contributed by atoms with Crippen molar-refractivity contribution in [1.82, 2.24) is 14.8 Å². The minimum Gasteiger partial charge on any atom is -0.491 e. The molecule has 1 aliphatic heterocycles. The lowest BCUT2D eigenvalue weighted by molar-refractivity contribution is -0.113. The third kappa shape index (κ3) is 5.97. The maximum absolute atomic E-state index is 13.8. The smallest absolute Gasteiger partial charge is 0.255 e. The summed E-state index contributed by atoms with van der Waals surface area (Å²) in [7, 11) is 0. The average molecular weight is 560 g/mol. The van der Waals surface area contributed by atoms with Crippen LogP contribution in [0.2, 0.25) is 5.02 Å². The number of hydrogen-bond acceptors (Lipinski definition) is 6. The van der Waals surface area contributed by atoms with E-state index in [0.29, 0.717) is 27.5 Å². The first kappa shape index (κ1) is 26.8. The van der Waals surface area contributed by atoms with Crippen molar-refractivity contribution in [2.45, 2.75) is 50.8 Å². The molecular weight excluding hydrogens is 530 g/mol. The van der Waals surface area contributed by atoms with Gasteiger partial charge in [-0.15, -0.1) is 5.10 Å². The van der Waals surface area contributed by atoms with Gasteiger partial charge in [-0.05, 0) is 68.7 Å². The highest BCUT2D eigenvalue weighted by atomic mass is 35.5. The van der Waals surface area contributed by atoms with Crippen LogP contribution in [-0.4, -0.2) is 26.8 Å². The Bertz CT molecular complexity index is 1530. The lowest BCUT2D eigenvalue weighted by atomic mass is 9.95. The Kier molecular flexibility index (Phi) is 7.95. The highest BCUT2D eigenvalue weighted by Crippen LogP contribution is 2.38. The van der Waals surface area contributed by atoms with Crippen LogP contribution in [0, 0.1) is 6.92 Å². The van der Waals surface area contributed by atoms with Crippen molar-refractivity contribution in [3.05, 3.63) is 106 Å². The summed E-state index contributed by atoms with van der Waals surface area (Å²) in [6.45, 7) is 7.85. The molecule has 9 heteroatoms. The molecule has 0 fully saturated rings. The molecule has 4 aromatic rings. The molecule has 200 valence electrons. The zero-order valence-electron chi connectivity index (χ0n) is 22.2. The van der Waals surface area contributed by atoms with Gasteiger partial charge < -0.3 is 15.4 Å². The van der Waals surface area contributed by atoms with Crippen molar-refractivity contribution in [1.29, 1.82) is 0 Å². The Balaban J connectivity index is 1.50. The van der Waals surface area contributed by atoms with E-state index in [1.807, 2.05) is 100 Å². The van der Waals surface area contributed by atoms with Gasteiger partial charge in [-0.1, -0.05) is 71.9 Å². The SMILES string of the molecule is CC1=C(C(=O)Nc2ccccc2C)C(c2ccc(OC(C)C)cc2)n2nc(SCc3ccccc3Cl)nc2N1. The topological polar surface area (TPSA) is 81.1 Å². The quantitative estimate of drug-likeness (QED) is 0.221. The number of halogens is 1. The van der Waals surface area contributed by atoms with Gasteiger partial charge in [0.15, 0.2) is 0 Å². The van der Waals surface area contributed by atoms with Crippen LogP contribution in [0.25, 0.3) is 0 Å². The van der Waals surface area contributed by atoms with Crippen LogP contribution >= 0.6 is 23.4 Å². The van der Waals surface area contributed by atoms with Gasteiger partial charge in [0.05, 0.1) is 11.7 Å². The summed E-state index contributed by atoms with van der Waals surface area (Å²) in [4.78, 5) is 18.5. The van der Waals surface area contributed by atoms with Crippen LogP contribution in [0.5, 0.6) is 5.75 Å². The summed E-state index contributed by atoms with van der Waals surface area (Å²) >= 11 is 7.85. The zero-order valence-corrected chi connectivity index (χ0v) is 23.8. The first-order valence-corrected chi connectivity index (χ1v) is 14.1. The fourth-order valence-corrected chi connectivity index (χ4v) is 5.57. The molecule has 1 amide bonds. The number of anilines is 2. The molecule has 0 aliphatic carbocycles. The lowest BCUT2D eigenvalue weighted by Crippen LogP contribution is -2.31. The van der Waals surface area contributed by atoms with Gasteiger partial charge in [-0.25, -0.2) is 4.68 Å². The van der Waals surface area contributed by atoms with Crippen LogP contribution in [0.1, 0.15) is 43.5 Å². The monoisotopic (exact) mass is 559 g/mol. The Hall–Kier alpha value is -3.75. The number of thioether (sulfide) groups is 1. The number of rotatable bonds is 8. The molecular formula is C30H30ClN5O2S. The summed E-state index contributed by atoms with van der Waals surface area (Å²) in [6.07, 6.45) is 0.0620. The predicted octanol–water partition coefficient (Wildman–Crippen LogP) is 7.25. The summed E-state index contributed by atoms with van der Waals surface area (Å²) in [5.74, 6) is 1.77. The third-order valence-electron chi connectivity index (χ3n) is 6.35. The van der Waals surface area contributed by atoms with Crippen LogP contribution in [-0.2, 0) is 10.5 Å². The van der Waals surface area contributed by atoms with Crippen LogP contribution in [0.4, 0.5) is 11.6 Å². The van der Waals surface area contributed by atoms with E-state index < -0.39 is 6.04 Å². The second-order valence-corrected chi connectivity index (χ2v) is 11.0. The molecule has 7 nitrogen and oxygen atoms in total. The number of carbonyl (C=O) groups excluding carboxylic acids is 1. The van der Waals surface area contributed by atoms with Gasteiger partial charge in [0, 0.05) is 22.2 Å². The van der Waals surface area contributed by atoms with Crippen molar-refractivity contribution in [3.8, 4) is 5.75 Å². The second-order valence-electron chi connectivity index (χ2n) is 9.61. The van der Waals surface area contributed by atoms with Crippen molar-refractivity contribution < 1.29 is 9.53 Å². The minimum absolute atomic E-state index is 0.0620. The van der Waals surface area contributed by atoms with Gasteiger partial charge in [0.2, 0.25) is 11.1 Å². The van der Waals surface area contributed by atoms with E-state index in [1.54, 1.807) is 4.68 Å². The molecule has 5 rings (SSSR count). The van der Waals surface area contributed by atoms with Crippen molar-refractivity contribution in [2.24, 2.45) is 0 Å². The number of hydrogen-bond donors (Lipinski definition) is 2. The molecule has 2 heterocycles. The number of carbonyl (C=O) groups is 1. The van der Waals surface area contributed by atoms with E-state index in [4.69, 9.17) is 26.4 Å². The van der Waals surface area contributed by atoms with Crippen molar-refractivity contribution >= 4 is 40.9 Å². The van der Waals surface area contributed by atoms with E-state index in [2.05, 4.69) is 10.6 Å². The van der Waals surface area contributed by atoms with Gasteiger partial charge in [0.1, 0.15) is 11.8 Å². The zero-order chi connectivity index (χ0) is 27.5. The Labute approximate surface area is 237 Å². The third-order valence-corrected chi connectivity index (χ3v) is 7.61. The summed E-state index contributed by atoms with van der Waals surface area (Å²) < 4.78 is 7.63. The van der Waals surface area contributed by atoms with E-state index in [-0.39, 0.29) is 12.0 Å². The number of aryl methyl sites for hydroxylation is 1.